The predicted octanol–water partition coefficient (Wildman–Crippen LogP) is 4.05. The van der Waals surface area contributed by atoms with Gasteiger partial charge in [0.1, 0.15) is 41.7 Å². The Morgan fingerprint density at radius 1 is 0.851 bits per heavy atom. The molecule has 346 valence electrons. The lowest BCUT2D eigenvalue weighted by atomic mass is 9.97. The number of anilines is 3. The lowest BCUT2D eigenvalue weighted by Crippen LogP contribution is -2.55. The van der Waals surface area contributed by atoms with Crippen LogP contribution in [0.5, 0.6) is 11.5 Å². The maximum atomic E-state index is 15.3. The van der Waals surface area contributed by atoms with Crippen molar-refractivity contribution in [3.8, 4) is 23.3 Å². The molecular weight excluding hydrogens is 894 g/mol. The van der Waals surface area contributed by atoms with Crippen molar-refractivity contribution in [3.63, 3.8) is 0 Å². The number of amides is 3. The second kappa shape index (κ2) is 17.3. The molecule has 5 aromatic rings. The zero-order valence-corrected chi connectivity index (χ0v) is 36.6. The fraction of sp³-hybridized carbons (Fsp3) is 0.348. The molecule has 2 atom stereocenters. The van der Waals surface area contributed by atoms with Crippen LogP contribution in [0.3, 0.4) is 0 Å². The smallest absolute Gasteiger partial charge is 0.301 e. The molecule has 2 N–H and O–H groups in total. The van der Waals surface area contributed by atoms with Gasteiger partial charge in [-0.2, -0.15) is 18.0 Å². The van der Waals surface area contributed by atoms with Crippen LogP contribution < -0.4 is 30.1 Å². The molecule has 17 nitrogen and oxygen atoms in total. The number of hydrogen-bond acceptors (Lipinski definition) is 12. The first-order chi connectivity index (χ1) is 32.2. The van der Waals surface area contributed by atoms with E-state index < -0.39 is 62.7 Å². The molecule has 0 radical (unpaired) electrons. The molecule has 0 aliphatic carbocycles. The SMILES string of the molecule is N#Cc1c(NS(=O)(=O)N2CCC(F)C2)ccc(F)c1Oc1ccc2ncn(-c3ccc(N4CCN(CC5CN(c6cc(F)c7c(c6)CN([C@H]6CCC(=O)NC6=O)C7=O)C5)CC4)cc3)c(=O)c2c1. The van der Waals surface area contributed by atoms with Crippen LogP contribution in [-0.4, -0.2) is 121 Å². The van der Waals surface area contributed by atoms with Gasteiger partial charge in [-0.3, -0.25) is 38.7 Å². The number of halogens is 3. The van der Waals surface area contributed by atoms with Gasteiger partial charge in [-0.15, -0.1) is 0 Å². The first kappa shape index (κ1) is 43.9. The van der Waals surface area contributed by atoms with Gasteiger partial charge in [0, 0.05) is 89.2 Å². The molecule has 0 saturated carbocycles. The van der Waals surface area contributed by atoms with Gasteiger partial charge in [0.25, 0.3) is 11.5 Å². The summed E-state index contributed by atoms with van der Waals surface area (Å²) in [6.45, 7) is 5.33. The molecule has 4 aromatic carbocycles. The predicted molar refractivity (Wildman–Crippen MR) is 239 cm³/mol. The Labute approximate surface area is 382 Å². The van der Waals surface area contributed by atoms with Crippen molar-refractivity contribution in [1.29, 1.82) is 5.26 Å². The number of rotatable bonds is 11. The maximum absolute atomic E-state index is 15.3. The van der Waals surface area contributed by atoms with E-state index in [2.05, 4.69) is 29.7 Å². The fourth-order valence-electron chi connectivity index (χ4n) is 9.53. The van der Waals surface area contributed by atoms with E-state index >= 15 is 8.78 Å². The third kappa shape index (κ3) is 8.40. The summed E-state index contributed by atoms with van der Waals surface area (Å²) in [5, 5.41) is 12.4. The van der Waals surface area contributed by atoms with Crippen LogP contribution in [0.2, 0.25) is 0 Å². The number of ether oxygens (including phenoxy) is 1. The average Bonchev–Trinajstić information content (AvgIpc) is 3.89. The number of carbonyl (C=O) groups is 3. The Hall–Kier alpha value is -7.02. The number of alkyl halides is 1. The highest BCUT2D eigenvalue weighted by atomic mass is 32.2. The minimum Gasteiger partial charge on any atom is -0.453 e. The van der Waals surface area contributed by atoms with E-state index in [0.29, 0.717) is 28.4 Å². The van der Waals surface area contributed by atoms with Crippen molar-refractivity contribution in [1.82, 2.24) is 29.0 Å². The molecule has 10 rings (SSSR count). The first-order valence-electron chi connectivity index (χ1n) is 21.9. The van der Waals surface area contributed by atoms with Crippen molar-refractivity contribution < 1.29 is 40.7 Å². The summed E-state index contributed by atoms with van der Waals surface area (Å²) < 4.78 is 80.4. The topological polar surface area (TPSA) is 194 Å². The molecule has 3 amide bonds. The Kier molecular flexibility index (Phi) is 11.3. The summed E-state index contributed by atoms with van der Waals surface area (Å²) in [5.74, 6) is -3.18. The second-order valence-corrected chi connectivity index (χ2v) is 19.1. The maximum Gasteiger partial charge on any atom is 0.301 e. The Bertz CT molecular complexity index is 3060. The standard InChI is InChI=1S/C46H43F3N10O7S/c47-29-11-12-57(25-29)67(64,65)53-39-8-6-36(48)43(35(39)20-50)66-33-5-7-38-34(19-33)45(62)59(26-51-38)31-3-1-30(2-4-31)55-15-13-54(14-16-55)21-27-22-56(23-27)32-17-28-24-58(46(63)42(28)37(49)18-32)40-9-10-41(60)52-44(40)61/h1-8,17-19,26-27,29,40,53H,9-16,21-25H2,(H,52,60,61)/t29?,40-/m0/s1. The monoisotopic (exact) mass is 936 g/mol. The normalized spacial score (nSPS) is 20.5. The van der Waals surface area contributed by atoms with Crippen LogP contribution in [-0.2, 0) is 26.3 Å². The zero-order valence-electron chi connectivity index (χ0n) is 35.8. The number of benzene rings is 4. The number of piperidine rings is 1. The number of fused-ring (bicyclic) bond motifs is 2. The van der Waals surface area contributed by atoms with E-state index in [-0.39, 0.29) is 67.2 Å². The summed E-state index contributed by atoms with van der Waals surface area (Å²) in [5.41, 5.74) is 1.98. The first-order valence-corrected chi connectivity index (χ1v) is 23.3. The number of nitriles is 1. The Morgan fingerprint density at radius 3 is 2.33 bits per heavy atom. The molecule has 4 saturated heterocycles. The molecule has 1 aromatic heterocycles. The van der Waals surface area contributed by atoms with Gasteiger partial charge in [-0.1, -0.05) is 0 Å². The third-order valence-electron chi connectivity index (χ3n) is 13.1. The van der Waals surface area contributed by atoms with Gasteiger partial charge in [0.15, 0.2) is 11.6 Å². The summed E-state index contributed by atoms with van der Waals surface area (Å²) in [6, 6.07) is 18.1. The summed E-state index contributed by atoms with van der Waals surface area (Å²) in [6.07, 6.45) is 0.467. The van der Waals surface area contributed by atoms with E-state index in [9.17, 15) is 37.2 Å². The minimum atomic E-state index is -4.25. The second-order valence-electron chi connectivity index (χ2n) is 17.4. The van der Waals surface area contributed by atoms with Gasteiger partial charge in [0.05, 0.1) is 27.8 Å². The van der Waals surface area contributed by atoms with Crippen LogP contribution in [0.4, 0.5) is 30.2 Å². The molecule has 5 aliphatic heterocycles. The minimum absolute atomic E-state index is 0.00158. The van der Waals surface area contributed by atoms with Crippen LogP contribution in [0.15, 0.2) is 77.9 Å². The van der Waals surface area contributed by atoms with Crippen molar-refractivity contribution in [2.75, 3.05) is 73.4 Å². The molecular formula is C46H43F3N10O7S. The van der Waals surface area contributed by atoms with Crippen molar-refractivity contribution in [2.45, 2.75) is 38.0 Å². The van der Waals surface area contributed by atoms with E-state index in [0.717, 1.165) is 67.9 Å². The number of aromatic nitrogens is 2. The van der Waals surface area contributed by atoms with Crippen LogP contribution in [0.1, 0.15) is 40.7 Å². The fourth-order valence-corrected chi connectivity index (χ4v) is 10.8. The molecule has 67 heavy (non-hydrogen) atoms. The zero-order chi connectivity index (χ0) is 46.7. The van der Waals surface area contributed by atoms with E-state index in [1.54, 1.807) is 6.07 Å². The quantitative estimate of drug-likeness (QED) is 0.181. The molecule has 6 heterocycles. The lowest BCUT2D eigenvalue weighted by Gasteiger charge is -2.45. The van der Waals surface area contributed by atoms with E-state index in [1.165, 1.54) is 40.1 Å². The largest absolute Gasteiger partial charge is 0.453 e. The van der Waals surface area contributed by atoms with Crippen molar-refractivity contribution >= 4 is 55.9 Å². The van der Waals surface area contributed by atoms with E-state index in [1.807, 2.05) is 30.3 Å². The van der Waals surface area contributed by atoms with Crippen LogP contribution in [0.25, 0.3) is 16.6 Å². The summed E-state index contributed by atoms with van der Waals surface area (Å²) >= 11 is 0. The molecule has 5 aliphatic rings. The molecule has 4 fully saturated rings. The third-order valence-corrected chi connectivity index (χ3v) is 14.6. The number of carbonyl (C=O) groups excluding carboxylic acids is 3. The number of piperazine rings is 1. The van der Waals surface area contributed by atoms with E-state index in [4.69, 9.17) is 4.74 Å². The van der Waals surface area contributed by atoms with Crippen LogP contribution in [0, 0.1) is 28.9 Å². The van der Waals surface area contributed by atoms with Crippen molar-refractivity contribution in [3.05, 3.63) is 112 Å². The lowest BCUT2D eigenvalue weighted by molar-refractivity contribution is -0.136. The van der Waals surface area contributed by atoms with Gasteiger partial charge >= 0.3 is 10.2 Å². The Morgan fingerprint density at radius 2 is 1.61 bits per heavy atom. The number of nitrogens with one attached hydrogen (secondary N) is 2. The van der Waals surface area contributed by atoms with Gasteiger partial charge in [0.2, 0.25) is 11.8 Å². The molecule has 21 heteroatoms. The van der Waals surface area contributed by atoms with Gasteiger partial charge in [-0.25, -0.2) is 18.2 Å². The summed E-state index contributed by atoms with van der Waals surface area (Å²) in [4.78, 5) is 63.6. The summed E-state index contributed by atoms with van der Waals surface area (Å²) in [7, 11) is -4.25. The number of nitrogens with zero attached hydrogens (tertiary/aromatic N) is 8. The number of imide groups is 1. The van der Waals surface area contributed by atoms with Gasteiger partial charge < -0.3 is 19.4 Å². The Balaban J connectivity index is 0.746. The highest BCUT2D eigenvalue weighted by Gasteiger charge is 2.41. The highest BCUT2D eigenvalue weighted by Crippen LogP contribution is 2.37. The molecule has 0 spiro atoms. The molecule has 0 bridgehead atoms. The van der Waals surface area contributed by atoms with Crippen molar-refractivity contribution in [2.24, 2.45) is 5.92 Å². The highest BCUT2D eigenvalue weighted by molar-refractivity contribution is 7.90. The van der Waals surface area contributed by atoms with Gasteiger partial charge in [-0.05, 0) is 85.1 Å². The molecule has 1 unspecified atom stereocenters. The number of hydrogen-bond donors (Lipinski definition) is 2. The van der Waals surface area contributed by atoms with Crippen LogP contribution >= 0.6 is 0 Å². The average molecular weight is 937 g/mol.